The van der Waals surface area contributed by atoms with Gasteiger partial charge in [0.15, 0.2) is 0 Å². The minimum Gasteiger partial charge on any atom is -0.468 e. The van der Waals surface area contributed by atoms with E-state index in [1.807, 2.05) is 49.3 Å². The monoisotopic (exact) mass is 495 g/mol. The second-order valence-electron chi connectivity index (χ2n) is 9.97. The highest BCUT2D eigenvalue weighted by atomic mass is 32.1. The number of H-pyrrole nitrogens is 1. The number of hydrogen-bond donors (Lipinski definition) is 2. The van der Waals surface area contributed by atoms with Gasteiger partial charge in [0.25, 0.3) is 5.56 Å². The van der Waals surface area contributed by atoms with E-state index in [1.54, 1.807) is 6.26 Å². The third kappa shape index (κ3) is 6.46. The second-order valence-corrected chi connectivity index (χ2v) is 10.8. The van der Waals surface area contributed by atoms with E-state index in [0.29, 0.717) is 35.7 Å². The lowest BCUT2D eigenvalue weighted by Crippen LogP contribution is -2.37. The number of benzene rings is 1. The second kappa shape index (κ2) is 10.5. The summed E-state index contributed by atoms with van der Waals surface area (Å²) < 4.78 is 11.3. The molecule has 35 heavy (non-hydrogen) atoms. The molecule has 8 heteroatoms. The van der Waals surface area contributed by atoms with E-state index >= 15 is 0 Å². The molecule has 0 amide bonds. The summed E-state index contributed by atoms with van der Waals surface area (Å²) in [4.78, 5) is 23.6. The number of nitrogens with zero attached hydrogens (tertiary/aromatic N) is 2. The molecule has 0 saturated carbocycles. The maximum atomic E-state index is 13.1. The molecule has 186 valence electrons. The molecule has 1 aromatic carbocycles. The summed E-state index contributed by atoms with van der Waals surface area (Å²) in [5, 5.41) is 13.2. The van der Waals surface area contributed by atoms with Crippen molar-refractivity contribution in [3.63, 3.8) is 0 Å². The molecule has 0 aliphatic rings. The third-order valence-corrected chi connectivity index (χ3v) is 6.69. The van der Waals surface area contributed by atoms with E-state index in [1.165, 1.54) is 22.5 Å². The Bertz CT molecular complexity index is 1330. The highest BCUT2D eigenvalue weighted by Crippen LogP contribution is 2.31. The standard InChI is InChI=1S/C27H33N3O4S/c1-17-8-9-19(11-18(17)2)22-16-35-26-24(22)25(32)28-23(29-26)14-30(13-21-7-6-10-33-21)12-20(31)15-34-27(3,4)5/h6-11,16,20,31H,12-15H2,1-5H3,(H,28,29,32)/t20-/m1/s1. The van der Waals surface area contributed by atoms with Crippen molar-refractivity contribution < 1.29 is 14.3 Å². The molecule has 4 rings (SSSR count). The van der Waals surface area contributed by atoms with Gasteiger partial charge in [-0.2, -0.15) is 0 Å². The Balaban J connectivity index is 1.58. The average Bonchev–Trinajstić information content (AvgIpc) is 3.44. The lowest BCUT2D eigenvalue weighted by molar-refractivity contribution is -0.0577. The number of aryl methyl sites for hydroxylation is 2. The van der Waals surface area contributed by atoms with Gasteiger partial charge in [-0.3, -0.25) is 9.69 Å². The number of nitrogens with one attached hydrogen (secondary N) is 1. The Labute approximate surface area is 209 Å². The summed E-state index contributed by atoms with van der Waals surface area (Å²) >= 11 is 1.47. The van der Waals surface area contributed by atoms with Gasteiger partial charge in [0.2, 0.25) is 0 Å². The minimum absolute atomic E-state index is 0.158. The zero-order chi connectivity index (χ0) is 25.2. The summed E-state index contributed by atoms with van der Waals surface area (Å²) in [5.41, 5.74) is 3.82. The first-order valence-corrected chi connectivity index (χ1v) is 12.6. The van der Waals surface area contributed by atoms with Crippen LogP contribution < -0.4 is 5.56 Å². The third-order valence-electron chi connectivity index (χ3n) is 5.82. The summed E-state index contributed by atoms with van der Waals surface area (Å²) in [7, 11) is 0. The number of aliphatic hydroxyl groups excluding tert-OH is 1. The SMILES string of the molecule is Cc1ccc(-c2csc3nc(CN(Cc4ccco4)C[C@@H](O)COC(C)(C)C)[nH]c(=O)c23)cc1C. The number of thiophene rings is 1. The van der Waals surface area contributed by atoms with Gasteiger partial charge >= 0.3 is 0 Å². The highest BCUT2D eigenvalue weighted by Gasteiger charge is 2.20. The molecule has 0 saturated heterocycles. The van der Waals surface area contributed by atoms with E-state index in [2.05, 4.69) is 31.0 Å². The van der Waals surface area contributed by atoms with Crippen LogP contribution in [0.4, 0.5) is 0 Å². The molecule has 1 atom stereocenters. The van der Waals surface area contributed by atoms with E-state index in [9.17, 15) is 9.90 Å². The van der Waals surface area contributed by atoms with Crippen molar-refractivity contribution in [2.24, 2.45) is 0 Å². The van der Waals surface area contributed by atoms with Crippen molar-refractivity contribution in [1.29, 1.82) is 0 Å². The molecule has 2 N–H and O–H groups in total. The first-order valence-electron chi connectivity index (χ1n) is 11.7. The predicted octanol–water partition coefficient (Wildman–Crippen LogP) is 5.04. The topological polar surface area (TPSA) is 91.6 Å². The molecule has 0 bridgehead atoms. The van der Waals surface area contributed by atoms with E-state index in [4.69, 9.17) is 14.1 Å². The van der Waals surface area contributed by atoms with Crippen molar-refractivity contribution in [3.05, 3.63) is 75.0 Å². The molecule has 0 fully saturated rings. The van der Waals surface area contributed by atoms with Gasteiger partial charge in [-0.05, 0) is 63.4 Å². The van der Waals surface area contributed by atoms with Gasteiger partial charge in [0.1, 0.15) is 16.4 Å². The van der Waals surface area contributed by atoms with Gasteiger partial charge in [-0.15, -0.1) is 11.3 Å². The lowest BCUT2D eigenvalue weighted by Gasteiger charge is -2.26. The van der Waals surface area contributed by atoms with Gasteiger partial charge in [-0.25, -0.2) is 4.98 Å². The van der Waals surface area contributed by atoms with Gasteiger partial charge in [0.05, 0.1) is 43.1 Å². The van der Waals surface area contributed by atoms with Gasteiger partial charge in [-0.1, -0.05) is 18.2 Å². The van der Waals surface area contributed by atoms with E-state index in [0.717, 1.165) is 16.9 Å². The predicted molar refractivity (Wildman–Crippen MR) is 140 cm³/mol. The van der Waals surface area contributed by atoms with Crippen molar-refractivity contribution >= 4 is 21.6 Å². The molecule has 0 radical (unpaired) electrons. The molecule has 0 aliphatic carbocycles. The van der Waals surface area contributed by atoms with Crippen LogP contribution in [-0.2, 0) is 17.8 Å². The smallest absolute Gasteiger partial charge is 0.260 e. The Morgan fingerprint density at radius 3 is 2.69 bits per heavy atom. The first kappa shape index (κ1) is 25.3. The molecule has 0 spiro atoms. The van der Waals surface area contributed by atoms with Crippen LogP contribution >= 0.6 is 11.3 Å². The number of rotatable bonds is 9. The largest absolute Gasteiger partial charge is 0.468 e. The Morgan fingerprint density at radius 2 is 2.00 bits per heavy atom. The highest BCUT2D eigenvalue weighted by molar-refractivity contribution is 7.17. The molecule has 4 aromatic rings. The van der Waals surface area contributed by atoms with Gasteiger partial charge in [0, 0.05) is 17.5 Å². The summed E-state index contributed by atoms with van der Waals surface area (Å²) in [6.45, 7) is 11.4. The zero-order valence-corrected chi connectivity index (χ0v) is 21.7. The first-order chi connectivity index (χ1) is 16.6. The average molecular weight is 496 g/mol. The maximum Gasteiger partial charge on any atom is 0.260 e. The van der Waals surface area contributed by atoms with E-state index < -0.39 is 6.10 Å². The van der Waals surface area contributed by atoms with Crippen LogP contribution in [0.15, 0.2) is 51.2 Å². The Morgan fingerprint density at radius 1 is 1.20 bits per heavy atom. The number of ether oxygens (including phenoxy) is 1. The summed E-state index contributed by atoms with van der Waals surface area (Å²) in [6.07, 6.45) is 0.927. The number of aromatic amines is 1. The molecular weight excluding hydrogens is 462 g/mol. The minimum atomic E-state index is -0.697. The van der Waals surface area contributed by atoms with Crippen LogP contribution in [0.2, 0.25) is 0 Å². The zero-order valence-electron chi connectivity index (χ0n) is 20.9. The molecular formula is C27H33N3O4S. The summed E-state index contributed by atoms with van der Waals surface area (Å²) in [5.74, 6) is 1.32. The Hall–Kier alpha value is -2.78. The number of hydrogen-bond acceptors (Lipinski definition) is 7. The van der Waals surface area contributed by atoms with Crippen LogP contribution in [0.3, 0.4) is 0 Å². The molecule has 0 unspecified atom stereocenters. The lowest BCUT2D eigenvalue weighted by atomic mass is 10.0. The van der Waals surface area contributed by atoms with Crippen LogP contribution in [0.25, 0.3) is 21.3 Å². The van der Waals surface area contributed by atoms with Crippen molar-refractivity contribution in [2.45, 2.75) is 59.4 Å². The number of aromatic nitrogens is 2. The van der Waals surface area contributed by atoms with Crippen LogP contribution in [0, 0.1) is 13.8 Å². The quantitative estimate of drug-likeness (QED) is 0.338. The van der Waals surface area contributed by atoms with Crippen molar-refractivity contribution in [3.8, 4) is 11.1 Å². The van der Waals surface area contributed by atoms with Crippen LogP contribution in [0.1, 0.15) is 43.5 Å². The molecule has 3 aromatic heterocycles. The van der Waals surface area contributed by atoms with Gasteiger partial charge < -0.3 is 19.2 Å². The maximum absolute atomic E-state index is 13.1. The van der Waals surface area contributed by atoms with Crippen molar-refractivity contribution in [2.75, 3.05) is 13.2 Å². The number of fused-ring (bicyclic) bond motifs is 1. The Kier molecular flexibility index (Phi) is 7.56. The van der Waals surface area contributed by atoms with Crippen LogP contribution in [0.5, 0.6) is 0 Å². The fourth-order valence-corrected chi connectivity index (χ4v) is 4.87. The fourth-order valence-electron chi connectivity index (χ4n) is 3.91. The molecule has 7 nitrogen and oxygen atoms in total. The molecule has 3 heterocycles. The number of furan rings is 1. The normalized spacial score (nSPS) is 13.1. The number of aliphatic hydroxyl groups is 1. The van der Waals surface area contributed by atoms with E-state index in [-0.39, 0.29) is 17.8 Å². The van der Waals surface area contributed by atoms with Crippen LogP contribution in [-0.4, -0.2) is 44.8 Å². The summed E-state index contributed by atoms with van der Waals surface area (Å²) in [6, 6.07) is 9.95. The fraction of sp³-hybridized carbons (Fsp3) is 0.407. The molecule has 0 aliphatic heterocycles. The van der Waals surface area contributed by atoms with Crippen molar-refractivity contribution in [1.82, 2.24) is 14.9 Å².